The van der Waals surface area contributed by atoms with Crippen molar-refractivity contribution in [3.8, 4) is 5.75 Å². The van der Waals surface area contributed by atoms with E-state index in [0.29, 0.717) is 18.7 Å². The Hall–Kier alpha value is -2.37. The van der Waals surface area contributed by atoms with E-state index in [1.807, 2.05) is 54.6 Å². The molecule has 1 unspecified atom stereocenters. The van der Waals surface area contributed by atoms with Crippen LogP contribution in [0.25, 0.3) is 0 Å². The molecule has 0 saturated carbocycles. The maximum Gasteiger partial charge on any atom is 0.241 e. The first-order valence-corrected chi connectivity index (χ1v) is 8.65. The largest absolute Gasteiger partial charge is 0.491 e. The van der Waals surface area contributed by atoms with E-state index in [9.17, 15) is 4.79 Å². The van der Waals surface area contributed by atoms with Crippen molar-refractivity contribution in [2.75, 3.05) is 18.5 Å². The number of carbonyl (C=O) groups excluding carboxylic acids is 1. The molecule has 3 rings (SSSR count). The van der Waals surface area contributed by atoms with Crippen LogP contribution < -0.4 is 15.8 Å². The number of benzene rings is 2. The first-order valence-electron chi connectivity index (χ1n) is 8.65. The van der Waals surface area contributed by atoms with Gasteiger partial charge in [-0.25, -0.2) is 0 Å². The molecule has 0 aliphatic carbocycles. The number of nitrogens with one attached hydrogen (secondary N) is 1. The van der Waals surface area contributed by atoms with Gasteiger partial charge in [0.15, 0.2) is 0 Å². The van der Waals surface area contributed by atoms with Gasteiger partial charge in [0, 0.05) is 12.3 Å². The standard InChI is InChI=1S/C20H24N2O3/c21-19(13-15-5-2-1-3-6-15)20(23)22-16-8-10-17(11-9-16)25-14-18-7-4-12-24-18/h1-3,5-6,8-11,18-19H,4,7,12-14,21H2,(H,22,23)/t18?,19-/m0/s1. The fourth-order valence-electron chi connectivity index (χ4n) is 2.80. The van der Waals surface area contributed by atoms with Crippen molar-refractivity contribution in [3.63, 3.8) is 0 Å². The summed E-state index contributed by atoms with van der Waals surface area (Å²) in [6.45, 7) is 1.38. The summed E-state index contributed by atoms with van der Waals surface area (Å²) >= 11 is 0. The quantitative estimate of drug-likeness (QED) is 0.813. The molecule has 3 N–H and O–H groups in total. The molecule has 2 atom stereocenters. The highest BCUT2D eigenvalue weighted by atomic mass is 16.5. The van der Waals surface area contributed by atoms with Gasteiger partial charge in [0.1, 0.15) is 12.4 Å². The minimum Gasteiger partial charge on any atom is -0.491 e. The SMILES string of the molecule is N[C@@H](Cc1ccccc1)C(=O)Nc1ccc(OCC2CCCO2)cc1. The molecule has 1 aliphatic heterocycles. The maximum absolute atomic E-state index is 12.2. The van der Waals surface area contributed by atoms with Crippen LogP contribution in [0.4, 0.5) is 5.69 Å². The maximum atomic E-state index is 12.2. The second-order valence-corrected chi connectivity index (χ2v) is 6.26. The third-order valence-electron chi connectivity index (χ3n) is 4.22. The van der Waals surface area contributed by atoms with E-state index < -0.39 is 6.04 Å². The molecule has 5 nitrogen and oxygen atoms in total. The van der Waals surface area contributed by atoms with Crippen molar-refractivity contribution in [2.24, 2.45) is 5.73 Å². The Morgan fingerprint density at radius 2 is 1.96 bits per heavy atom. The summed E-state index contributed by atoms with van der Waals surface area (Å²) in [4.78, 5) is 12.2. The third kappa shape index (κ3) is 5.31. The predicted molar refractivity (Wildman–Crippen MR) is 97.7 cm³/mol. The second-order valence-electron chi connectivity index (χ2n) is 6.26. The molecular formula is C20H24N2O3. The molecule has 0 bridgehead atoms. The summed E-state index contributed by atoms with van der Waals surface area (Å²) in [5.74, 6) is 0.568. The topological polar surface area (TPSA) is 73.6 Å². The van der Waals surface area contributed by atoms with Crippen molar-refractivity contribution >= 4 is 11.6 Å². The zero-order valence-electron chi connectivity index (χ0n) is 14.2. The van der Waals surface area contributed by atoms with E-state index in [1.165, 1.54) is 0 Å². The lowest BCUT2D eigenvalue weighted by atomic mass is 10.1. The van der Waals surface area contributed by atoms with Crippen LogP contribution >= 0.6 is 0 Å². The highest BCUT2D eigenvalue weighted by molar-refractivity contribution is 5.94. The molecular weight excluding hydrogens is 316 g/mol. The number of anilines is 1. The lowest BCUT2D eigenvalue weighted by Gasteiger charge is -2.14. The predicted octanol–water partition coefficient (Wildman–Crippen LogP) is 2.75. The van der Waals surface area contributed by atoms with Gasteiger partial charge >= 0.3 is 0 Å². The minimum absolute atomic E-state index is 0.190. The molecule has 1 saturated heterocycles. The van der Waals surface area contributed by atoms with E-state index in [0.717, 1.165) is 30.8 Å². The second kappa shape index (κ2) is 8.65. The van der Waals surface area contributed by atoms with E-state index >= 15 is 0 Å². The highest BCUT2D eigenvalue weighted by Gasteiger charge is 2.16. The number of rotatable bonds is 7. The zero-order valence-corrected chi connectivity index (χ0v) is 14.2. The van der Waals surface area contributed by atoms with Crippen LogP contribution in [0.2, 0.25) is 0 Å². The van der Waals surface area contributed by atoms with Crippen LogP contribution in [-0.4, -0.2) is 31.3 Å². The molecule has 1 aliphatic rings. The third-order valence-corrected chi connectivity index (χ3v) is 4.22. The number of amides is 1. The summed E-state index contributed by atoms with van der Waals surface area (Å²) in [7, 11) is 0. The van der Waals surface area contributed by atoms with Crippen molar-refractivity contribution < 1.29 is 14.3 Å². The van der Waals surface area contributed by atoms with Gasteiger partial charge in [-0.15, -0.1) is 0 Å². The molecule has 1 heterocycles. The van der Waals surface area contributed by atoms with Crippen LogP contribution in [0.5, 0.6) is 5.75 Å². The van der Waals surface area contributed by atoms with Gasteiger partial charge in [-0.1, -0.05) is 30.3 Å². The van der Waals surface area contributed by atoms with E-state index in [-0.39, 0.29) is 12.0 Å². The average Bonchev–Trinajstić information content (AvgIpc) is 3.15. The first-order chi connectivity index (χ1) is 12.2. The van der Waals surface area contributed by atoms with Crippen LogP contribution in [-0.2, 0) is 16.0 Å². The molecule has 0 radical (unpaired) electrons. The van der Waals surface area contributed by atoms with Crippen molar-refractivity contribution in [1.82, 2.24) is 0 Å². The Morgan fingerprint density at radius 1 is 1.20 bits per heavy atom. The van der Waals surface area contributed by atoms with E-state index in [1.54, 1.807) is 0 Å². The molecule has 2 aromatic rings. The van der Waals surface area contributed by atoms with Crippen molar-refractivity contribution in [2.45, 2.75) is 31.4 Å². The monoisotopic (exact) mass is 340 g/mol. The Kier molecular flexibility index (Phi) is 6.04. The molecule has 0 spiro atoms. The number of hydrogen-bond acceptors (Lipinski definition) is 4. The summed E-state index contributed by atoms with van der Waals surface area (Å²) in [5, 5.41) is 2.84. The average molecular weight is 340 g/mol. The van der Waals surface area contributed by atoms with Gasteiger partial charge < -0.3 is 20.5 Å². The summed E-state index contributed by atoms with van der Waals surface area (Å²) < 4.78 is 11.2. The summed E-state index contributed by atoms with van der Waals surface area (Å²) in [6, 6.07) is 16.5. The fourth-order valence-corrected chi connectivity index (χ4v) is 2.80. The van der Waals surface area contributed by atoms with Gasteiger partial charge in [0.05, 0.1) is 12.1 Å². The van der Waals surface area contributed by atoms with Crippen LogP contribution in [0.1, 0.15) is 18.4 Å². The van der Waals surface area contributed by atoms with Crippen LogP contribution in [0, 0.1) is 0 Å². The lowest BCUT2D eigenvalue weighted by molar-refractivity contribution is -0.117. The normalized spacial score (nSPS) is 17.9. The molecule has 2 aromatic carbocycles. The van der Waals surface area contributed by atoms with Crippen molar-refractivity contribution in [3.05, 3.63) is 60.2 Å². The molecule has 0 aromatic heterocycles. The fraction of sp³-hybridized carbons (Fsp3) is 0.350. The molecule has 25 heavy (non-hydrogen) atoms. The zero-order chi connectivity index (χ0) is 17.5. The number of nitrogens with two attached hydrogens (primary N) is 1. The number of ether oxygens (including phenoxy) is 2. The highest BCUT2D eigenvalue weighted by Crippen LogP contribution is 2.18. The first kappa shape index (κ1) is 17.5. The van der Waals surface area contributed by atoms with Gasteiger partial charge in [-0.3, -0.25) is 4.79 Å². The Labute approximate surface area is 148 Å². The Morgan fingerprint density at radius 3 is 2.64 bits per heavy atom. The lowest BCUT2D eigenvalue weighted by Crippen LogP contribution is -2.37. The van der Waals surface area contributed by atoms with Gasteiger partial charge in [0.2, 0.25) is 5.91 Å². The molecule has 1 amide bonds. The van der Waals surface area contributed by atoms with Crippen LogP contribution in [0.15, 0.2) is 54.6 Å². The number of hydrogen-bond donors (Lipinski definition) is 2. The summed E-state index contributed by atoms with van der Waals surface area (Å²) in [6.07, 6.45) is 2.85. The van der Waals surface area contributed by atoms with Crippen molar-refractivity contribution in [1.29, 1.82) is 0 Å². The molecule has 132 valence electrons. The Balaban J connectivity index is 1.47. The van der Waals surface area contributed by atoms with Gasteiger partial charge in [-0.05, 0) is 49.1 Å². The van der Waals surface area contributed by atoms with Gasteiger partial charge in [0.25, 0.3) is 0 Å². The van der Waals surface area contributed by atoms with E-state index in [4.69, 9.17) is 15.2 Å². The van der Waals surface area contributed by atoms with Gasteiger partial charge in [-0.2, -0.15) is 0 Å². The van der Waals surface area contributed by atoms with E-state index in [2.05, 4.69) is 5.32 Å². The number of carbonyl (C=O) groups is 1. The van der Waals surface area contributed by atoms with Crippen LogP contribution in [0.3, 0.4) is 0 Å². The Bertz CT molecular complexity index is 667. The summed E-state index contributed by atoms with van der Waals surface area (Å²) in [5.41, 5.74) is 7.74. The molecule has 1 fully saturated rings. The smallest absolute Gasteiger partial charge is 0.241 e. The molecule has 5 heteroatoms. The minimum atomic E-state index is -0.585.